The second-order valence-corrected chi connectivity index (χ2v) is 6.15. The van der Waals surface area contributed by atoms with Crippen LogP contribution in [0.4, 0.5) is 0 Å². The molecular weight excluding hydrogens is 254 g/mol. The van der Waals surface area contributed by atoms with E-state index in [-0.39, 0.29) is 17.6 Å². The van der Waals surface area contributed by atoms with Crippen molar-refractivity contribution in [1.82, 2.24) is 4.90 Å². The maximum Gasteiger partial charge on any atom is 0.222 e. The molecule has 0 spiro atoms. The highest BCUT2D eigenvalue weighted by Gasteiger charge is 2.34. The average Bonchev–Trinajstić information content (AvgIpc) is 2.85. The van der Waals surface area contributed by atoms with Crippen LogP contribution in [0.25, 0.3) is 0 Å². The van der Waals surface area contributed by atoms with Crippen molar-refractivity contribution in [3.63, 3.8) is 0 Å². The fourth-order valence-electron chi connectivity index (χ4n) is 2.68. The molecular formula is C16H23NO3. The molecule has 1 aliphatic heterocycles. The lowest BCUT2D eigenvalue weighted by atomic mass is 9.90. The number of hydrogen-bond donors (Lipinski definition) is 2. The van der Waals surface area contributed by atoms with Gasteiger partial charge in [0.05, 0.1) is 5.60 Å². The first-order chi connectivity index (χ1) is 9.36. The third kappa shape index (κ3) is 3.73. The largest absolute Gasteiger partial charge is 0.508 e. The number of phenolic OH excluding ortho intramolecular Hbond substituents is 1. The number of rotatable bonds is 4. The highest BCUT2D eigenvalue weighted by atomic mass is 16.3. The summed E-state index contributed by atoms with van der Waals surface area (Å²) in [6.45, 7) is 4.98. The predicted molar refractivity (Wildman–Crippen MR) is 77.4 cm³/mol. The van der Waals surface area contributed by atoms with Crippen LogP contribution in [0.1, 0.15) is 32.3 Å². The Morgan fingerprint density at radius 2 is 2.20 bits per heavy atom. The Bertz CT molecular complexity index is 479. The topological polar surface area (TPSA) is 60.8 Å². The molecule has 110 valence electrons. The van der Waals surface area contributed by atoms with Gasteiger partial charge in [0.15, 0.2) is 0 Å². The number of aromatic hydroxyl groups is 1. The zero-order valence-corrected chi connectivity index (χ0v) is 12.2. The molecule has 0 bridgehead atoms. The number of nitrogens with zero attached hydrogens (tertiary/aromatic N) is 1. The van der Waals surface area contributed by atoms with Gasteiger partial charge in [0, 0.05) is 25.4 Å². The van der Waals surface area contributed by atoms with Crippen molar-refractivity contribution in [2.45, 2.75) is 38.7 Å². The maximum absolute atomic E-state index is 12.2. The third-order valence-corrected chi connectivity index (χ3v) is 4.08. The summed E-state index contributed by atoms with van der Waals surface area (Å²) in [7, 11) is 0. The number of hydrogen-bond acceptors (Lipinski definition) is 3. The van der Waals surface area contributed by atoms with Crippen LogP contribution in [0.3, 0.4) is 0 Å². The highest BCUT2D eigenvalue weighted by Crippen LogP contribution is 2.27. The van der Waals surface area contributed by atoms with E-state index in [1.165, 1.54) is 0 Å². The number of likely N-dealkylation sites (tertiary alicyclic amines) is 1. The van der Waals surface area contributed by atoms with E-state index in [2.05, 4.69) is 0 Å². The molecule has 0 unspecified atom stereocenters. The molecule has 1 heterocycles. The van der Waals surface area contributed by atoms with Gasteiger partial charge in [0.2, 0.25) is 5.91 Å². The Morgan fingerprint density at radius 3 is 2.80 bits per heavy atom. The molecule has 4 nitrogen and oxygen atoms in total. The van der Waals surface area contributed by atoms with E-state index < -0.39 is 5.60 Å². The number of phenols is 1. The Balaban J connectivity index is 1.84. The van der Waals surface area contributed by atoms with Gasteiger partial charge in [-0.1, -0.05) is 12.1 Å². The van der Waals surface area contributed by atoms with Crippen molar-refractivity contribution >= 4 is 5.91 Å². The lowest BCUT2D eigenvalue weighted by Gasteiger charge is -2.25. The fourth-order valence-corrected chi connectivity index (χ4v) is 2.68. The molecule has 20 heavy (non-hydrogen) atoms. The summed E-state index contributed by atoms with van der Waals surface area (Å²) in [6, 6.07) is 7.02. The Labute approximate surface area is 120 Å². The van der Waals surface area contributed by atoms with E-state index in [1.807, 2.05) is 11.0 Å². The van der Waals surface area contributed by atoms with Crippen molar-refractivity contribution in [3.8, 4) is 5.75 Å². The van der Waals surface area contributed by atoms with Crippen molar-refractivity contribution in [2.24, 2.45) is 5.92 Å². The van der Waals surface area contributed by atoms with Gasteiger partial charge in [-0.2, -0.15) is 0 Å². The molecule has 0 aliphatic carbocycles. The first kappa shape index (κ1) is 14.9. The summed E-state index contributed by atoms with van der Waals surface area (Å²) in [5, 5.41) is 19.4. The van der Waals surface area contributed by atoms with Gasteiger partial charge in [-0.05, 0) is 44.4 Å². The van der Waals surface area contributed by atoms with Gasteiger partial charge in [-0.15, -0.1) is 0 Å². The standard InChI is InChI=1S/C16H23NO3/c1-16(2,20)13-8-9-17(11-13)15(19)7-6-12-4-3-5-14(18)10-12/h3-5,10,13,18,20H,6-9,11H2,1-2H3/t13-/m1/s1. The van der Waals surface area contributed by atoms with Crippen LogP contribution < -0.4 is 0 Å². The molecule has 1 aliphatic rings. The summed E-state index contributed by atoms with van der Waals surface area (Å²) in [5.74, 6) is 0.519. The quantitative estimate of drug-likeness (QED) is 0.884. The number of aryl methyl sites for hydroxylation is 1. The van der Waals surface area contributed by atoms with Crippen molar-refractivity contribution in [3.05, 3.63) is 29.8 Å². The molecule has 0 radical (unpaired) electrons. The number of aliphatic hydroxyl groups is 1. The molecule has 2 N–H and O–H groups in total. The van der Waals surface area contributed by atoms with Gasteiger partial charge in [-0.25, -0.2) is 0 Å². The minimum Gasteiger partial charge on any atom is -0.508 e. The molecule has 0 saturated carbocycles. The van der Waals surface area contributed by atoms with E-state index in [1.54, 1.807) is 32.0 Å². The summed E-state index contributed by atoms with van der Waals surface area (Å²) < 4.78 is 0. The van der Waals surface area contributed by atoms with Crippen molar-refractivity contribution in [1.29, 1.82) is 0 Å². The molecule has 4 heteroatoms. The molecule has 0 aromatic heterocycles. The lowest BCUT2D eigenvalue weighted by Crippen LogP contribution is -2.35. The molecule has 1 amide bonds. The van der Waals surface area contributed by atoms with Gasteiger partial charge in [0.25, 0.3) is 0 Å². The van der Waals surface area contributed by atoms with E-state index in [9.17, 15) is 15.0 Å². The van der Waals surface area contributed by atoms with Gasteiger partial charge in [-0.3, -0.25) is 4.79 Å². The second kappa shape index (κ2) is 5.83. The highest BCUT2D eigenvalue weighted by molar-refractivity contribution is 5.76. The summed E-state index contributed by atoms with van der Waals surface area (Å²) in [6.07, 6.45) is 1.94. The van der Waals surface area contributed by atoms with E-state index >= 15 is 0 Å². The Kier molecular flexibility index (Phi) is 4.33. The zero-order valence-electron chi connectivity index (χ0n) is 12.2. The first-order valence-corrected chi connectivity index (χ1v) is 7.14. The van der Waals surface area contributed by atoms with Gasteiger partial charge in [0.1, 0.15) is 5.75 Å². The van der Waals surface area contributed by atoms with E-state index in [0.29, 0.717) is 19.4 Å². The molecule has 1 atom stereocenters. The number of carbonyl (C=O) groups is 1. The number of benzene rings is 1. The average molecular weight is 277 g/mol. The first-order valence-electron chi connectivity index (χ1n) is 7.14. The molecule has 1 fully saturated rings. The summed E-state index contributed by atoms with van der Waals surface area (Å²) in [5.41, 5.74) is 0.247. The van der Waals surface area contributed by atoms with E-state index in [4.69, 9.17) is 0 Å². The van der Waals surface area contributed by atoms with Crippen molar-refractivity contribution in [2.75, 3.05) is 13.1 Å². The summed E-state index contributed by atoms with van der Waals surface area (Å²) >= 11 is 0. The molecule has 1 aromatic carbocycles. The van der Waals surface area contributed by atoms with Crippen LogP contribution in [0.2, 0.25) is 0 Å². The minimum absolute atomic E-state index is 0.125. The smallest absolute Gasteiger partial charge is 0.222 e. The monoisotopic (exact) mass is 277 g/mol. The summed E-state index contributed by atoms with van der Waals surface area (Å²) in [4.78, 5) is 14.0. The zero-order chi connectivity index (χ0) is 14.8. The maximum atomic E-state index is 12.2. The molecule has 1 saturated heterocycles. The van der Waals surface area contributed by atoms with Gasteiger partial charge < -0.3 is 15.1 Å². The number of amides is 1. The fraction of sp³-hybridized carbons (Fsp3) is 0.562. The molecule has 1 aromatic rings. The van der Waals surface area contributed by atoms with E-state index in [0.717, 1.165) is 18.5 Å². The number of carbonyl (C=O) groups excluding carboxylic acids is 1. The van der Waals surface area contributed by atoms with Crippen LogP contribution in [-0.2, 0) is 11.2 Å². The van der Waals surface area contributed by atoms with Crippen LogP contribution in [-0.4, -0.2) is 39.7 Å². The third-order valence-electron chi connectivity index (χ3n) is 4.08. The molecule has 2 rings (SSSR count). The van der Waals surface area contributed by atoms with Crippen LogP contribution in [0.15, 0.2) is 24.3 Å². The Morgan fingerprint density at radius 1 is 1.45 bits per heavy atom. The van der Waals surface area contributed by atoms with Gasteiger partial charge >= 0.3 is 0 Å². The van der Waals surface area contributed by atoms with Crippen LogP contribution in [0, 0.1) is 5.92 Å². The SMILES string of the molecule is CC(C)(O)[C@@H]1CCN(C(=O)CCc2cccc(O)c2)C1. The normalized spacial score (nSPS) is 19.4. The van der Waals surface area contributed by atoms with Crippen LogP contribution >= 0.6 is 0 Å². The lowest BCUT2D eigenvalue weighted by molar-refractivity contribution is -0.130. The van der Waals surface area contributed by atoms with Crippen molar-refractivity contribution < 1.29 is 15.0 Å². The predicted octanol–water partition coefficient (Wildman–Crippen LogP) is 1.94. The second-order valence-electron chi connectivity index (χ2n) is 6.15. The Hall–Kier alpha value is -1.55. The minimum atomic E-state index is -0.722. The van der Waals surface area contributed by atoms with Crippen LogP contribution in [0.5, 0.6) is 5.75 Å².